The van der Waals surface area contributed by atoms with Gasteiger partial charge in [-0.2, -0.15) is 0 Å². The second-order valence-electron chi connectivity index (χ2n) is 7.48. The van der Waals surface area contributed by atoms with Crippen molar-refractivity contribution in [2.45, 2.75) is 26.2 Å². The maximum absolute atomic E-state index is 12.7. The van der Waals surface area contributed by atoms with Crippen LogP contribution in [0.4, 0.5) is 0 Å². The molecule has 34 heavy (non-hydrogen) atoms. The third-order valence-corrected chi connectivity index (χ3v) is 5.75. The molecule has 0 aliphatic carbocycles. The molecule has 6 nitrogen and oxygen atoms in total. The summed E-state index contributed by atoms with van der Waals surface area (Å²) in [6, 6.07) is 12.5. The maximum atomic E-state index is 12.7. The number of aryl methyl sites for hydroxylation is 1. The minimum absolute atomic E-state index is 0.0654. The van der Waals surface area contributed by atoms with Crippen LogP contribution in [0, 0.1) is 5.92 Å². The van der Waals surface area contributed by atoms with E-state index in [0.29, 0.717) is 12.2 Å². The molecule has 0 N–H and O–H groups in total. The van der Waals surface area contributed by atoms with Gasteiger partial charge in [0.1, 0.15) is 5.75 Å². The van der Waals surface area contributed by atoms with Gasteiger partial charge in [-0.1, -0.05) is 60.5 Å². The number of methoxy groups -OCH3 is 1. The molecule has 0 bridgehead atoms. The van der Waals surface area contributed by atoms with E-state index >= 15 is 0 Å². The van der Waals surface area contributed by atoms with E-state index in [1.54, 1.807) is 42.7 Å². The first-order valence-electron chi connectivity index (χ1n) is 10.7. The number of ether oxygens (including phenoxy) is 2. The number of allylic oxidation sites excluding steroid dienone is 1. The van der Waals surface area contributed by atoms with Crippen molar-refractivity contribution in [3.8, 4) is 11.8 Å². The lowest BCUT2D eigenvalue weighted by atomic mass is 9.95. The van der Waals surface area contributed by atoms with Crippen LogP contribution >= 0.6 is 23.2 Å². The average molecular weight is 499 g/mol. The van der Waals surface area contributed by atoms with Gasteiger partial charge in [-0.15, -0.1) is 0 Å². The minimum atomic E-state index is -0.660. The lowest BCUT2D eigenvalue weighted by molar-refractivity contribution is -0.145. The van der Waals surface area contributed by atoms with Crippen LogP contribution in [0.25, 0.3) is 6.08 Å². The van der Waals surface area contributed by atoms with Gasteiger partial charge >= 0.3 is 12.0 Å². The largest absolute Gasteiger partial charge is 0.469 e. The number of aromatic nitrogens is 2. The number of carbonyl (C=O) groups is 2. The number of rotatable bonds is 10. The number of nitrogens with zero attached hydrogens (tertiary/aromatic N) is 2. The van der Waals surface area contributed by atoms with Crippen molar-refractivity contribution >= 4 is 41.0 Å². The van der Waals surface area contributed by atoms with Crippen molar-refractivity contribution in [1.29, 1.82) is 0 Å². The molecule has 0 amide bonds. The van der Waals surface area contributed by atoms with E-state index in [0.717, 1.165) is 17.5 Å². The van der Waals surface area contributed by atoms with Gasteiger partial charge in [0.25, 0.3) is 0 Å². The molecule has 176 valence electrons. The number of carbonyl (C=O) groups excluding carboxylic acids is 2. The van der Waals surface area contributed by atoms with E-state index in [-0.39, 0.29) is 33.8 Å². The van der Waals surface area contributed by atoms with Crippen LogP contribution in [-0.2, 0) is 16.0 Å². The van der Waals surface area contributed by atoms with Crippen LogP contribution in [0.2, 0.25) is 10.0 Å². The van der Waals surface area contributed by atoms with Crippen molar-refractivity contribution in [3.05, 3.63) is 87.7 Å². The molecule has 8 heteroatoms. The van der Waals surface area contributed by atoms with Gasteiger partial charge in [0.05, 0.1) is 28.6 Å². The molecular formula is C26H24Cl2N2O4. The lowest BCUT2D eigenvalue weighted by Gasteiger charge is -2.13. The summed E-state index contributed by atoms with van der Waals surface area (Å²) in [7, 11) is 1.30. The molecule has 0 aliphatic rings. The summed E-state index contributed by atoms with van der Waals surface area (Å²) in [5, 5.41) is 0.511. The number of hydrogen-bond donors (Lipinski definition) is 0. The first-order chi connectivity index (χ1) is 16.4. The zero-order chi connectivity index (χ0) is 24.5. The Labute approximate surface area is 208 Å². The zero-order valence-electron chi connectivity index (χ0n) is 18.8. The topological polar surface area (TPSA) is 78.4 Å². The minimum Gasteiger partial charge on any atom is -0.469 e. The summed E-state index contributed by atoms with van der Waals surface area (Å²) >= 11 is 12.3. The highest BCUT2D eigenvalue weighted by molar-refractivity contribution is 6.39. The second-order valence-corrected chi connectivity index (χ2v) is 8.30. The fourth-order valence-electron chi connectivity index (χ4n) is 3.22. The lowest BCUT2D eigenvalue weighted by Crippen LogP contribution is -2.20. The third kappa shape index (κ3) is 6.89. The molecule has 0 fully saturated rings. The predicted molar refractivity (Wildman–Crippen MR) is 132 cm³/mol. The molecule has 1 atom stereocenters. The Morgan fingerprint density at radius 2 is 1.68 bits per heavy atom. The first kappa shape index (κ1) is 25.4. The Bertz CT molecular complexity index is 1140. The van der Waals surface area contributed by atoms with E-state index < -0.39 is 11.9 Å². The summed E-state index contributed by atoms with van der Waals surface area (Å²) in [5.74, 6) is -0.836. The molecule has 0 saturated carbocycles. The Balaban J connectivity index is 1.62. The highest BCUT2D eigenvalue weighted by Gasteiger charge is 2.24. The quantitative estimate of drug-likeness (QED) is 0.231. The van der Waals surface area contributed by atoms with Crippen molar-refractivity contribution in [3.63, 3.8) is 0 Å². The first-order valence-corrected chi connectivity index (χ1v) is 11.5. The van der Waals surface area contributed by atoms with E-state index in [1.807, 2.05) is 31.2 Å². The van der Waals surface area contributed by atoms with Crippen molar-refractivity contribution < 1.29 is 19.1 Å². The Morgan fingerprint density at radius 3 is 2.26 bits per heavy atom. The molecule has 0 aliphatic heterocycles. The molecular weight excluding hydrogens is 475 g/mol. The van der Waals surface area contributed by atoms with Gasteiger partial charge in [0, 0.05) is 18.8 Å². The molecule has 2 aromatic carbocycles. The number of esters is 1. The van der Waals surface area contributed by atoms with Crippen LogP contribution in [-0.4, -0.2) is 28.8 Å². The smallest absolute Gasteiger partial charge is 0.321 e. The molecule has 0 saturated heterocycles. The number of Topliss-reactive ketones (excluding diaryl/α,β-unsaturated/α-hetero) is 1. The summed E-state index contributed by atoms with van der Waals surface area (Å²) in [6.45, 7) is 2.03. The SMILES string of the molecule is CCc1cnc(Oc2ccc(/C=C/CC(CC(=O)c3c(Cl)cccc3Cl)C(=O)OC)cc2)nc1. The summed E-state index contributed by atoms with van der Waals surface area (Å²) in [5.41, 5.74) is 2.15. The van der Waals surface area contributed by atoms with E-state index in [2.05, 4.69) is 9.97 Å². The number of ketones is 1. The van der Waals surface area contributed by atoms with E-state index in [9.17, 15) is 9.59 Å². The third-order valence-electron chi connectivity index (χ3n) is 5.12. The van der Waals surface area contributed by atoms with Crippen molar-refractivity contribution in [2.24, 2.45) is 5.92 Å². The monoisotopic (exact) mass is 498 g/mol. The number of hydrogen-bond acceptors (Lipinski definition) is 6. The molecule has 3 rings (SSSR count). The summed E-state index contributed by atoms with van der Waals surface area (Å²) in [6.07, 6.45) is 8.27. The highest BCUT2D eigenvalue weighted by Crippen LogP contribution is 2.28. The van der Waals surface area contributed by atoms with Gasteiger partial charge in [-0.05, 0) is 48.2 Å². The maximum Gasteiger partial charge on any atom is 0.321 e. The Morgan fingerprint density at radius 1 is 1.03 bits per heavy atom. The highest BCUT2D eigenvalue weighted by atomic mass is 35.5. The van der Waals surface area contributed by atoms with Gasteiger partial charge in [0.2, 0.25) is 0 Å². The molecule has 3 aromatic rings. The standard InChI is InChI=1S/C26H24Cl2N2O4/c1-3-17-15-29-26(30-16-17)34-20-12-10-18(11-13-20)6-4-7-19(25(32)33-2)14-23(31)24-21(27)8-5-9-22(24)28/h4-6,8-13,15-16,19H,3,7,14H2,1-2H3/b6-4+. The van der Waals surface area contributed by atoms with Crippen LogP contribution in [0.15, 0.2) is 60.9 Å². The van der Waals surface area contributed by atoms with Crippen LogP contribution < -0.4 is 4.74 Å². The van der Waals surface area contributed by atoms with E-state index in [4.69, 9.17) is 32.7 Å². The Kier molecular flexibility index (Phi) is 9.19. The molecule has 1 heterocycles. The number of benzene rings is 2. The average Bonchev–Trinajstić information content (AvgIpc) is 2.84. The molecule has 1 unspecified atom stereocenters. The van der Waals surface area contributed by atoms with Gasteiger partial charge in [-0.3, -0.25) is 9.59 Å². The normalized spacial score (nSPS) is 11.9. The molecule has 1 aromatic heterocycles. The van der Waals surface area contributed by atoms with Crippen LogP contribution in [0.5, 0.6) is 11.8 Å². The predicted octanol–water partition coefficient (Wildman–Crippen LogP) is 6.60. The molecule has 0 spiro atoms. The Hall–Kier alpha value is -3.22. The van der Waals surface area contributed by atoms with Gasteiger partial charge in [-0.25, -0.2) is 9.97 Å². The number of halogens is 2. The summed E-state index contributed by atoms with van der Waals surface area (Å²) < 4.78 is 10.5. The summed E-state index contributed by atoms with van der Waals surface area (Å²) in [4.78, 5) is 33.4. The fraction of sp³-hybridized carbons (Fsp3) is 0.231. The van der Waals surface area contributed by atoms with Gasteiger partial charge < -0.3 is 9.47 Å². The molecule has 0 radical (unpaired) electrons. The van der Waals surface area contributed by atoms with Crippen molar-refractivity contribution in [2.75, 3.05) is 7.11 Å². The fourth-order valence-corrected chi connectivity index (χ4v) is 3.83. The van der Waals surface area contributed by atoms with Crippen molar-refractivity contribution in [1.82, 2.24) is 9.97 Å². The van der Waals surface area contributed by atoms with Crippen LogP contribution in [0.3, 0.4) is 0 Å². The van der Waals surface area contributed by atoms with E-state index in [1.165, 1.54) is 7.11 Å². The van der Waals surface area contributed by atoms with Gasteiger partial charge in [0.15, 0.2) is 5.78 Å². The zero-order valence-corrected chi connectivity index (χ0v) is 20.3. The van der Waals surface area contributed by atoms with Crippen LogP contribution in [0.1, 0.15) is 41.3 Å². The second kappa shape index (κ2) is 12.3.